The van der Waals surface area contributed by atoms with Crippen molar-refractivity contribution in [2.45, 2.75) is 52.0 Å². The Kier molecular flexibility index (Phi) is 6.34. The molecule has 1 atom stereocenters. The molecule has 7 nitrogen and oxygen atoms in total. The number of nitrogens with one attached hydrogen (secondary N) is 1. The van der Waals surface area contributed by atoms with Crippen LogP contribution in [0, 0.1) is 5.41 Å². The van der Waals surface area contributed by atoms with Gasteiger partial charge >= 0.3 is 5.76 Å². The number of hydrogen-bond donors (Lipinski definition) is 2. The van der Waals surface area contributed by atoms with Gasteiger partial charge in [-0.1, -0.05) is 32.4 Å². The number of primary amides is 1. The van der Waals surface area contributed by atoms with E-state index >= 15 is 0 Å². The highest BCUT2D eigenvalue weighted by atomic mass is 16.4. The van der Waals surface area contributed by atoms with Gasteiger partial charge < -0.3 is 15.5 Å². The van der Waals surface area contributed by atoms with E-state index in [2.05, 4.69) is 29.0 Å². The molecule has 3 rings (SSSR count). The minimum atomic E-state index is -0.591. The minimum absolute atomic E-state index is 0.152. The fourth-order valence-corrected chi connectivity index (χ4v) is 3.88. The van der Waals surface area contributed by atoms with Crippen molar-refractivity contribution >= 4 is 22.7 Å². The first kappa shape index (κ1) is 20.3. The standard InChI is InChI=1S/C21H30N4O3/c1-21(2)10-13-25(16(14-21)18(22)26)12-7-3-6-11-23-19-15-8-4-5-9-17(15)28-20(27)24-19/h4-5,8-9,16H,3,6-7,10-14H2,1-2H3,(H2,22,26)(H,23,24,27). The lowest BCUT2D eigenvalue weighted by molar-refractivity contribution is -0.126. The number of fused-ring (bicyclic) bond motifs is 1. The number of nitrogens with zero attached hydrogens (tertiary/aromatic N) is 2. The highest BCUT2D eigenvalue weighted by molar-refractivity contribution is 5.87. The van der Waals surface area contributed by atoms with Gasteiger partial charge in [0.2, 0.25) is 5.91 Å². The van der Waals surface area contributed by atoms with Gasteiger partial charge in [-0.05, 0) is 56.3 Å². The van der Waals surface area contributed by atoms with Gasteiger partial charge in [0.25, 0.3) is 0 Å². The number of likely N-dealkylation sites (tertiary alicyclic amines) is 1. The monoisotopic (exact) mass is 386 g/mol. The number of nitrogens with two attached hydrogens (primary N) is 1. The largest absolute Gasteiger partial charge is 0.441 e. The number of carbonyl (C=O) groups excluding carboxylic acids is 1. The molecule has 0 bridgehead atoms. The van der Waals surface area contributed by atoms with Crippen LogP contribution in [-0.2, 0) is 4.79 Å². The van der Waals surface area contributed by atoms with Crippen molar-refractivity contribution < 1.29 is 9.21 Å². The van der Waals surface area contributed by atoms with Crippen LogP contribution in [0.4, 0.5) is 5.82 Å². The topological polar surface area (TPSA) is 101 Å². The molecule has 7 heteroatoms. The molecular weight excluding hydrogens is 356 g/mol. The van der Waals surface area contributed by atoms with Crippen LogP contribution in [0.2, 0.25) is 0 Å². The van der Waals surface area contributed by atoms with Gasteiger partial charge in [-0.3, -0.25) is 9.69 Å². The third kappa shape index (κ3) is 5.10. The smallest absolute Gasteiger partial charge is 0.408 e. The molecule has 3 N–H and O–H groups in total. The van der Waals surface area contributed by atoms with E-state index < -0.39 is 5.76 Å². The Balaban J connectivity index is 1.44. The number of rotatable bonds is 8. The Bertz CT molecular complexity index is 877. The Hall–Kier alpha value is -2.41. The molecule has 1 aliphatic rings. The van der Waals surface area contributed by atoms with Gasteiger partial charge in [0.05, 0.1) is 11.4 Å². The molecule has 2 heterocycles. The van der Waals surface area contributed by atoms with Crippen LogP contribution in [-0.4, -0.2) is 41.5 Å². The van der Waals surface area contributed by atoms with Crippen molar-refractivity contribution in [1.29, 1.82) is 0 Å². The Morgan fingerprint density at radius 2 is 2.11 bits per heavy atom. The summed E-state index contributed by atoms with van der Waals surface area (Å²) in [6.07, 6.45) is 4.92. The molecule has 0 saturated carbocycles. The first-order chi connectivity index (χ1) is 13.4. The van der Waals surface area contributed by atoms with Gasteiger partial charge in [-0.25, -0.2) is 4.79 Å². The van der Waals surface area contributed by atoms with Crippen LogP contribution >= 0.6 is 0 Å². The Labute approximate surface area is 165 Å². The van der Waals surface area contributed by atoms with Gasteiger partial charge in [0.1, 0.15) is 11.4 Å². The zero-order chi connectivity index (χ0) is 20.1. The summed E-state index contributed by atoms with van der Waals surface area (Å²) in [7, 11) is 0. The summed E-state index contributed by atoms with van der Waals surface area (Å²) in [5.74, 6) is -0.235. The first-order valence-electron chi connectivity index (χ1n) is 10.0. The van der Waals surface area contributed by atoms with Crippen molar-refractivity contribution in [3.8, 4) is 0 Å². The average Bonchev–Trinajstić information content (AvgIpc) is 2.64. The van der Waals surface area contributed by atoms with Crippen LogP contribution in [0.5, 0.6) is 0 Å². The normalized spacial score (nSPS) is 19.6. The zero-order valence-corrected chi connectivity index (χ0v) is 16.7. The predicted octanol–water partition coefficient (Wildman–Crippen LogP) is 2.75. The molecule has 1 amide bonds. The van der Waals surface area contributed by atoms with Gasteiger partial charge in [-0.15, -0.1) is 0 Å². The minimum Gasteiger partial charge on any atom is -0.408 e. The second-order valence-corrected chi connectivity index (χ2v) is 8.38. The van der Waals surface area contributed by atoms with Crippen LogP contribution in [0.25, 0.3) is 11.0 Å². The number of unbranched alkanes of at least 4 members (excludes halogenated alkanes) is 2. The lowest BCUT2D eigenvalue weighted by Crippen LogP contribution is -2.52. The molecule has 1 saturated heterocycles. The van der Waals surface area contributed by atoms with E-state index in [0.717, 1.165) is 57.1 Å². The molecule has 28 heavy (non-hydrogen) atoms. The summed E-state index contributed by atoms with van der Waals surface area (Å²) < 4.78 is 5.11. The molecule has 1 aromatic carbocycles. The maximum Gasteiger partial charge on any atom is 0.441 e. The van der Waals surface area contributed by atoms with Crippen LogP contribution in [0.1, 0.15) is 46.0 Å². The van der Waals surface area contributed by atoms with Crippen LogP contribution in [0.3, 0.4) is 0 Å². The quantitative estimate of drug-likeness (QED) is 0.677. The summed E-state index contributed by atoms with van der Waals surface area (Å²) in [5, 5.41) is 4.05. The average molecular weight is 386 g/mol. The fraction of sp³-hybridized carbons (Fsp3) is 0.571. The second-order valence-electron chi connectivity index (χ2n) is 8.38. The van der Waals surface area contributed by atoms with Crippen molar-refractivity contribution in [1.82, 2.24) is 9.88 Å². The second kappa shape index (κ2) is 8.73. The first-order valence-corrected chi connectivity index (χ1v) is 10.0. The number of piperidine rings is 1. The molecule has 2 aromatic rings. The summed E-state index contributed by atoms with van der Waals surface area (Å²) in [4.78, 5) is 29.6. The third-order valence-corrected chi connectivity index (χ3v) is 5.55. The maximum atomic E-state index is 11.8. The van der Waals surface area contributed by atoms with Gasteiger partial charge in [0, 0.05) is 6.54 Å². The number of amides is 1. The summed E-state index contributed by atoms with van der Waals surface area (Å²) in [5.41, 5.74) is 6.34. The molecule has 0 aliphatic carbocycles. The number of para-hydroxylation sites is 1. The van der Waals surface area contributed by atoms with Crippen molar-refractivity contribution in [3.63, 3.8) is 0 Å². The zero-order valence-electron chi connectivity index (χ0n) is 16.7. The van der Waals surface area contributed by atoms with Gasteiger partial charge in [0.15, 0.2) is 0 Å². The SMILES string of the molecule is CC1(C)CCN(CCCCCNc2nc(=O)oc3ccccc23)C(C(N)=O)C1. The van der Waals surface area contributed by atoms with E-state index in [9.17, 15) is 9.59 Å². The molecule has 1 aliphatic heterocycles. The number of hydrogen-bond acceptors (Lipinski definition) is 6. The van der Waals surface area contributed by atoms with E-state index in [1.54, 1.807) is 6.07 Å². The van der Waals surface area contributed by atoms with Gasteiger partial charge in [-0.2, -0.15) is 4.98 Å². The number of benzene rings is 1. The van der Waals surface area contributed by atoms with Crippen molar-refractivity contribution in [3.05, 3.63) is 34.8 Å². The molecule has 1 fully saturated rings. The molecule has 1 aromatic heterocycles. The summed E-state index contributed by atoms with van der Waals surface area (Å²) >= 11 is 0. The third-order valence-electron chi connectivity index (χ3n) is 5.55. The van der Waals surface area contributed by atoms with E-state index in [4.69, 9.17) is 10.2 Å². The maximum absolute atomic E-state index is 11.8. The Morgan fingerprint density at radius 3 is 2.89 bits per heavy atom. The lowest BCUT2D eigenvalue weighted by atomic mass is 9.78. The fourth-order valence-electron chi connectivity index (χ4n) is 3.88. The summed E-state index contributed by atoms with van der Waals surface area (Å²) in [6.45, 7) is 6.95. The number of anilines is 1. The molecular formula is C21H30N4O3. The summed E-state index contributed by atoms with van der Waals surface area (Å²) in [6, 6.07) is 7.22. The van der Waals surface area contributed by atoms with E-state index in [1.807, 2.05) is 18.2 Å². The molecule has 152 valence electrons. The highest BCUT2D eigenvalue weighted by Crippen LogP contribution is 2.33. The van der Waals surface area contributed by atoms with E-state index in [-0.39, 0.29) is 17.4 Å². The lowest BCUT2D eigenvalue weighted by Gasteiger charge is -2.42. The van der Waals surface area contributed by atoms with E-state index in [0.29, 0.717) is 11.4 Å². The predicted molar refractivity (Wildman–Crippen MR) is 110 cm³/mol. The van der Waals surface area contributed by atoms with Crippen molar-refractivity contribution in [2.24, 2.45) is 11.1 Å². The molecule has 0 spiro atoms. The number of aromatic nitrogens is 1. The van der Waals surface area contributed by atoms with Crippen LogP contribution < -0.4 is 16.8 Å². The molecule has 0 radical (unpaired) electrons. The van der Waals surface area contributed by atoms with Crippen molar-refractivity contribution in [2.75, 3.05) is 25.0 Å². The Morgan fingerprint density at radius 1 is 1.32 bits per heavy atom. The van der Waals surface area contributed by atoms with Crippen LogP contribution in [0.15, 0.2) is 33.5 Å². The number of carbonyl (C=O) groups is 1. The highest BCUT2D eigenvalue weighted by Gasteiger charge is 2.35. The molecule has 1 unspecified atom stereocenters. The van der Waals surface area contributed by atoms with E-state index in [1.165, 1.54) is 0 Å².